The van der Waals surface area contributed by atoms with Crippen molar-refractivity contribution in [2.75, 3.05) is 24.9 Å². The van der Waals surface area contributed by atoms with Gasteiger partial charge in [0.05, 0.1) is 31.2 Å². The zero-order chi connectivity index (χ0) is 30.5. The first kappa shape index (κ1) is 28.8. The van der Waals surface area contributed by atoms with E-state index in [1.807, 2.05) is 84.9 Å². The van der Waals surface area contributed by atoms with Crippen molar-refractivity contribution >= 4 is 28.6 Å². The number of carbonyl (C=O) groups is 1. The van der Waals surface area contributed by atoms with Crippen LogP contribution in [0.2, 0.25) is 0 Å². The van der Waals surface area contributed by atoms with Crippen LogP contribution in [0.4, 0.5) is 11.4 Å². The fourth-order valence-electron chi connectivity index (χ4n) is 5.85. The van der Waals surface area contributed by atoms with Crippen molar-refractivity contribution in [3.8, 4) is 11.5 Å². The summed E-state index contributed by atoms with van der Waals surface area (Å²) in [6, 6.07) is 42.4. The van der Waals surface area contributed by atoms with E-state index in [-0.39, 0.29) is 5.91 Å². The Balaban J connectivity index is 1.38. The van der Waals surface area contributed by atoms with Crippen molar-refractivity contribution in [2.45, 2.75) is 18.4 Å². The quantitative estimate of drug-likeness (QED) is 0.151. The van der Waals surface area contributed by atoms with Crippen LogP contribution in [0.1, 0.15) is 27.8 Å². The number of hydrogen-bond donors (Lipinski definition) is 3. The van der Waals surface area contributed by atoms with Crippen LogP contribution >= 0.6 is 0 Å². The standard InChI is InChI=1S/C38H35N3O3/c1-43-33-22-31-32(23-34(33)44-2)41-37(42)35(31)36(28-16-10-5-11-17-28)40-30-20-18-29(19-21-30)38(39,24-26-12-6-3-7-13-26)25-27-14-8-4-9-15-27/h3-23,40H,24-25,39H2,1-2H3,(H,41,42)/b36-35-. The average molecular weight is 582 g/mol. The number of amides is 1. The molecule has 6 rings (SSSR count). The number of nitrogens with two attached hydrogens (primary N) is 1. The van der Waals surface area contributed by atoms with Gasteiger partial charge in [0.25, 0.3) is 5.91 Å². The molecule has 44 heavy (non-hydrogen) atoms. The molecule has 6 nitrogen and oxygen atoms in total. The number of anilines is 2. The monoisotopic (exact) mass is 581 g/mol. The topological polar surface area (TPSA) is 85.6 Å². The van der Waals surface area contributed by atoms with E-state index in [1.54, 1.807) is 20.3 Å². The maximum Gasteiger partial charge on any atom is 0.258 e. The van der Waals surface area contributed by atoms with Crippen molar-refractivity contribution in [1.29, 1.82) is 0 Å². The summed E-state index contributed by atoms with van der Waals surface area (Å²) >= 11 is 0. The minimum Gasteiger partial charge on any atom is -0.493 e. The minimum absolute atomic E-state index is 0.204. The summed E-state index contributed by atoms with van der Waals surface area (Å²) in [6.07, 6.45) is 1.38. The Kier molecular flexibility index (Phi) is 8.17. The molecule has 220 valence electrons. The second-order valence-electron chi connectivity index (χ2n) is 11.0. The fraction of sp³-hybridized carbons (Fsp3) is 0.132. The number of ether oxygens (including phenoxy) is 2. The molecule has 5 aromatic rings. The van der Waals surface area contributed by atoms with Gasteiger partial charge < -0.3 is 25.8 Å². The highest BCUT2D eigenvalue weighted by molar-refractivity contribution is 6.37. The van der Waals surface area contributed by atoms with Gasteiger partial charge in [-0.2, -0.15) is 0 Å². The smallest absolute Gasteiger partial charge is 0.258 e. The van der Waals surface area contributed by atoms with Crippen LogP contribution in [0.5, 0.6) is 11.5 Å². The van der Waals surface area contributed by atoms with Gasteiger partial charge in [-0.3, -0.25) is 4.79 Å². The number of rotatable bonds is 10. The highest BCUT2D eigenvalue weighted by atomic mass is 16.5. The molecule has 5 aromatic carbocycles. The Morgan fingerprint density at radius 1 is 0.727 bits per heavy atom. The third-order valence-electron chi connectivity index (χ3n) is 8.03. The van der Waals surface area contributed by atoms with E-state index in [1.165, 1.54) is 11.1 Å². The van der Waals surface area contributed by atoms with E-state index in [0.29, 0.717) is 41.3 Å². The van der Waals surface area contributed by atoms with Crippen LogP contribution in [-0.2, 0) is 23.2 Å². The number of nitrogens with one attached hydrogen (secondary N) is 2. The van der Waals surface area contributed by atoms with Gasteiger partial charge >= 0.3 is 0 Å². The molecule has 6 heteroatoms. The number of hydrogen-bond acceptors (Lipinski definition) is 5. The number of methoxy groups -OCH3 is 2. The molecule has 0 fully saturated rings. The molecule has 0 bridgehead atoms. The Hall–Kier alpha value is -5.33. The van der Waals surface area contributed by atoms with Gasteiger partial charge in [-0.25, -0.2) is 0 Å². The van der Waals surface area contributed by atoms with Gasteiger partial charge in [0, 0.05) is 22.9 Å². The second kappa shape index (κ2) is 12.5. The van der Waals surface area contributed by atoms with Crippen LogP contribution in [0.3, 0.4) is 0 Å². The summed E-state index contributed by atoms with van der Waals surface area (Å²) in [7, 11) is 3.16. The Labute approximate surface area is 258 Å². The maximum absolute atomic E-state index is 13.5. The summed E-state index contributed by atoms with van der Waals surface area (Å²) in [5.41, 5.74) is 14.4. The van der Waals surface area contributed by atoms with Crippen molar-refractivity contribution < 1.29 is 14.3 Å². The molecule has 1 heterocycles. The Morgan fingerprint density at radius 3 is 1.80 bits per heavy atom. The van der Waals surface area contributed by atoms with Crippen LogP contribution in [-0.4, -0.2) is 20.1 Å². The summed E-state index contributed by atoms with van der Waals surface area (Å²) < 4.78 is 11.0. The van der Waals surface area contributed by atoms with E-state index in [0.717, 1.165) is 22.4 Å². The zero-order valence-corrected chi connectivity index (χ0v) is 24.8. The summed E-state index contributed by atoms with van der Waals surface area (Å²) in [5.74, 6) is 0.895. The van der Waals surface area contributed by atoms with Crippen molar-refractivity contribution in [2.24, 2.45) is 5.73 Å². The number of carbonyl (C=O) groups excluding carboxylic acids is 1. The fourth-order valence-corrected chi connectivity index (χ4v) is 5.85. The SMILES string of the molecule is COc1cc2c(cc1OC)/C(=C(/Nc1ccc(C(N)(Cc3ccccc3)Cc3ccccc3)cc1)c1ccccc1)C(=O)N2. The highest BCUT2D eigenvalue weighted by Crippen LogP contribution is 2.43. The molecule has 0 aliphatic carbocycles. The van der Waals surface area contributed by atoms with E-state index in [9.17, 15) is 4.79 Å². The Morgan fingerprint density at radius 2 is 1.25 bits per heavy atom. The lowest BCUT2D eigenvalue weighted by Gasteiger charge is -2.31. The largest absolute Gasteiger partial charge is 0.493 e. The summed E-state index contributed by atoms with van der Waals surface area (Å²) in [4.78, 5) is 13.5. The normalized spacial score (nSPS) is 13.6. The van der Waals surface area contributed by atoms with E-state index >= 15 is 0 Å². The molecule has 0 radical (unpaired) electrons. The molecule has 0 unspecified atom stereocenters. The predicted octanol–water partition coefficient (Wildman–Crippen LogP) is 7.28. The second-order valence-corrected chi connectivity index (χ2v) is 11.0. The minimum atomic E-state index is -0.623. The summed E-state index contributed by atoms with van der Waals surface area (Å²) in [5, 5.41) is 6.55. The van der Waals surface area contributed by atoms with Gasteiger partial charge in [0.15, 0.2) is 11.5 Å². The first-order chi connectivity index (χ1) is 21.5. The third kappa shape index (κ3) is 5.93. The van der Waals surface area contributed by atoms with Crippen LogP contribution in [0.15, 0.2) is 127 Å². The maximum atomic E-state index is 13.5. The number of fused-ring (bicyclic) bond motifs is 1. The van der Waals surface area contributed by atoms with E-state index in [2.05, 4.69) is 47.0 Å². The first-order valence-corrected chi connectivity index (χ1v) is 14.6. The molecule has 1 aliphatic heterocycles. The van der Waals surface area contributed by atoms with Crippen molar-refractivity contribution in [1.82, 2.24) is 0 Å². The zero-order valence-electron chi connectivity index (χ0n) is 24.8. The number of benzene rings is 5. The summed E-state index contributed by atoms with van der Waals surface area (Å²) in [6.45, 7) is 0. The molecule has 1 aliphatic rings. The highest BCUT2D eigenvalue weighted by Gasteiger charge is 2.31. The van der Waals surface area contributed by atoms with Crippen molar-refractivity contribution in [3.63, 3.8) is 0 Å². The average Bonchev–Trinajstić information content (AvgIpc) is 3.38. The molecule has 0 saturated carbocycles. The van der Waals surface area contributed by atoms with Gasteiger partial charge in [-0.1, -0.05) is 103 Å². The Bertz CT molecular complexity index is 1740. The van der Waals surface area contributed by atoms with Gasteiger partial charge in [0.2, 0.25) is 0 Å². The van der Waals surface area contributed by atoms with Gasteiger partial charge in [-0.05, 0) is 53.3 Å². The van der Waals surface area contributed by atoms with E-state index < -0.39 is 5.54 Å². The molecule has 0 spiro atoms. The van der Waals surface area contributed by atoms with E-state index in [4.69, 9.17) is 15.2 Å². The molecule has 0 saturated heterocycles. The van der Waals surface area contributed by atoms with Crippen LogP contribution in [0, 0.1) is 0 Å². The molecule has 0 aromatic heterocycles. The van der Waals surface area contributed by atoms with Gasteiger partial charge in [0.1, 0.15) is 0 Å². The lowest BCUT2D eigenvalue weighted by atomic mass is 9.80. The lowest BCUT2D eigenvalue weighted by Crippen LogP contribution is -2.41. The van der Waals surface area contributed by atoms with Crippen molar-refractivity contribution in [3.05, 3.63) is 155 Å². The van der Waals surface area contributed by atoms with Crippen LogP contribution < -0.4 is 25.8 Å². The molecule has 1 amide bonds. The lowest BCUT2D eigenvalue weighted by molar-refractivity contribution is -0.110. The molecule has 0 atom stereocenters. The first-order valence-electron chi connectivity index (χ1n) is 14.6. The molecule has 4 N–H and O–H groups in total. The van der Waals surface area contributed by atoms with Crippen LogP contribution in [0.25, 0.3) is 11.3 Å². The van der Waals surface area contributed by atoms with Gasteiger partial charge in [-0.15, -0.1) is 0 Å². The third-order valence-corrected chi connectivity index (χ3v) is 8.03. The predicted molar refractivity (Wildman–Crippen MR) is 178 cm³/mol. The molecular weight excluding hydrogens is 546 g/mol. The molecular formula is C38H35N3O3.